The van der Waals surface area contributed by atoms with Crippen LogP contribution in [0.5, 0.6) is 0 Å². The first-order chi connectivity index (χ1) is 21.3. The lowest BCUT2D eigenvalue weighted by Gasteiger charge is -2.48. The van der Waals surface area contributed by atoms with Gasteiger partial charge in [-0.1, -0.05) is 25.9 Å². The van der Waals surface area contributed by atoms with Crippen LogP contribution in [0, 0.1) is 17.8 Å². The molecule has 0 aromatic rings. The van der Waals surface area contributed by atoms with E-state index in [0.717, 1.165) is 0 Å². The Hall–Kier alpha value is -2.58. The summed E-state index contributed by atoms with van der Waals surface area (Å²) < 4.78 is 30.4. The summed E-state index contributed by atoms with van der Waals surface area (Å²) in [6, 6.07) is -0.258. The number of carbonyl (C=O) groups excluding carboxylic acids is 3. The van der Waals surface area contributed by atoms with Crippen LogP contribution in [0.2, 0.25) is 0 Å². The highest BCUT2D eigenvalue weighted by molar-refractivity contribution is 5.97. The first-order valence-corrected chi connectivity index (χ1v) is 15.9. The topological polar surface area (TPSA) is 190 Å². The Morgan fingerprint density at radius 2 is 1.85 bits per heavy atom. The number of hydrogen-bond donors (Lipinski definition) is 2. The minimum Gasteiger partial charge on any atom is -0.459 e. The second-order valence-corrected chi connectivity index (χ2v) is 13.5. The molecule has 0 aromatic heterocycles. The number of Topliss-reactive ketones (excluding diaryl/α,β-unsaturated/α-hetero) is 1. The van der Waals surface area contributed by atoms with Crippen LogP contribution < -0.4 is 0 Å². The van der Waals surface area contributed by atoms with E-state index in [4.69, 9.17) is 29.2 Å². The number of azide groups is 1. The van der Waals surface area contributed by atoms with Crippen molar-refractivity contribution in [3.63, 3.8) is 0 Å². The van der Waals surface area contributed by atoms with Gasteiger partial charge in [-0.05, 0) is 72.7 Å². The van der Waals surface area contributed by atoms with Crippen LogP contribution in [0.3, 0.4) is 0 Å². The third-order valence-electron chi connectivity index (χ3n) is 9.33. The second kappa shape index (κ2) is 16.5. The molecule has 14 heteroatoms. The number of ketones is 1. The Balaban J connectivity index is 2.74. The molecule has 2 aliphatic rings. The van der Waals surface area contributed by atoms with E-state index in [1.165, 1.54) is 34.0 Å². The molecule has 0 amide bonds. The van der Waals surface area contributed by atoms with Gasteiger partial charge in [0.15, 0.2) is 18.2 Å². The molecule has 1 unspecified atom stereocenters. The molecule has 1 saturated heterocycles. The van der Waals surface area contributed by atoms with Gasteiger partial charge in [-0.25, -0.2) is 0 Å². The summed E-state index contributed by atoms with van der Waals surface area (Å²) in [5.41, 5.74) is 5.99. The van der Waals surface area contributed by atoms with Gasteiger partial charge < -0.3 is 38.8 Å². The van der Waals surface area contributed by atoms with Gasteiger partial charge in [0.1, 0.15) is 11.7 Å². The van der Waals surface area contributed by atoms with E-state index in [1.54, 1.807) is 27.7 Å². The third-order valence-corrected chi connectivity index (χ3v) is 9.33. The second-order valence-electron chi connectivity index (χ2n) is 13.5. The molecule has 2 rings (SSSR count). The molecule has 0 bridgehead atoms. The zero-order valence-electron chi connectivity index (χ0n) is 29.1. The maximum Gasteiger partial charge on any atom is 0.311 e. The van der Waals surface area contributed by atoms with Gasteiger partial charge in [-0.2, -0.15) is 0 Å². The largest absolute Gasteiger partial charge is 0.459 e. The van der Waals surface area contributed by atoms with E-state index in [-0.39, 0.29) is 37.1 Å². The monoisotopic (exact) mass is 654 g/mol. The molecule has 0 radical (unpaired) electrons. The third kappa shape index (κ3) is 9.50. The fourth-order valence-electron chi connectivity index (χ4n) is 6.64. The first kappa shape index (κ1) is 39.6. The average Bonchev–Trinajstić information content (AvgIpc) is 2.98. The molecular formula is C32H54N4O10. The molecule has 0 saturated carbocycles. The first-order valence-electron chi connectivity index (χ1n) is 15.9. The van der Waals surface area contributed by atoms with E-state index in [0.29, 0.717) is 6.42 Å². The van der Waals surface area contributed by atoms with Crippen molar-refractivity contribution in [3.8, 4) is 0 Å². The predicted octanol–water partition coefficient (Wildman–Crippen LogP) is 3.33. The summed E-state index contributed by atoms with van der Waals surface area (Å²) in [4.78, 5) is 44.3. The van der Waals surface area contributed by atoms with E-state index < -0.39 is 77.4 Å². The van der Waals surface area contributed by atoms with E-state index >= 15 is 0 Å². The molecule has 0 spiro atoms. The molecule has 2 heterocycles. The maximum absolute atomic E-state index is 13.9. The molecule has 262 valence electrons. The number of aliphatic hydroxyl groups excluding tert-OH is 1. The minimum absolute atomic E-state index is 0.0482. The number of hydrogen-bond acceptors (Lipinski definition) is 12. The molecule has 2 aliphatic heterocycles. The Kier molecular flexibility index (Phi) is 14.2. The standard InChI is InChI=1S/C32H54N4O10/c1-12-24-31(7,41)15-22(16-34-35-33)25(38)17(2)14-32(8,42-11)28(19(4)26(39)20(5)29(40)45-24)46-30-27(44-21(6)37)23(36(9)10)13-18(3)43-30/h15,17-20,23-24,26-28,30,39,41H,12-14,16H2,1-11H3/b22-15+/t17-,18-,19+,20-,23+,24-,26+,27-,28-,30?,31+,32+/m1/s1. The molecule has 0 aliphatic carbocycles. The van der Waals surface area contributed by atoms with Crippen molar-refractivity contribution in [1.82, 2.24) is 4.90 Å². The van der Waals surface area contributed by atoms with Crippen molar-refractivity contribution in [2.24, 2.45) is 22.9 Å². The lowest BCUT2D eigenvalue weighted by atomic mass is 9.76. The molecule has 46 heavy (non-hydrogen) atoms. The van der Waals surface area contributed by atoms with Crippen LogP contribution in [-0.2, 0) is 38.1 Å². The number of esters is 2. The molecule has 0 aromatic carbocycles. The van der Waals surface area contributed by atoms with Gasteiger partial charge in [0, 0.05) is 36.4 Å². The predicted molar refractivity (Wildman–Crippen MR) is 168 cm³/mol. The summed E-state index contributed by atoms with van der Waals surface area (Å²) in [6.07, 6.45) is -3.50. The van der Waals surface area contributed by atoms with Crippen LogP contribution in [-0.4, -0.2) is 115 Å². The van der Waals surface area contributed by atoms with Crippen molar-refractivity contribution in [1.29, 1.82) is 0 Å². The van der Waals surface area contributed by atoms with E-state index in [1.807, 2.05) is 25.9 Å². The fraction of sp³-hybridized carbons (Fsp3) is 0.844. The smallest absolute Gasteiger partial charge is 0.311 e. The lowest BCUT2D eigenvalue weighted by molar-refractivity contribution is -0.303. The van der Waals surface area contributed by atoms with Crippen molar-refractivity contribution in [3.05, 3.63) is 22.1 Å². The Bertz CT molecular complexity index is 1160. The number of carbonyl (C=O) groups is 3. The van der Waals surface area contributed by atoms with Gasteiger partial charge >= 0.3 is 11.9 Å². The van der Waals surface area contributed by atoms with Crippen molar-refractivity contribution >= 4 is 17.7 Å². The van der Waals surface area contributed by atoms with E-state index in [9.17, 15) is 24.6 Å². The van der Waals surface area contributed by atoms with Gasteiger partial charge in [0.25, 0.3) is 0 Å². The number of nitrogens with zero attached hydrogens (tertiary/aromatic N) is 4. The molecule has 14 nitrogen and oxygen atoms in total. The number of cyclic esters (lactones) is 1. The van der Waals surface area contributed by atoms with Gasteiger partial charge in [0.2, 0.25) is 0 Å². The number of methoxy groups -OCH3 is 1. The van der Waals surface area contributed by atoms with Gasteiger partial charge in [0.05, 0.1) is 42.4 Å². The summed E-state index contributed by atoms with van der Waals surface area (Å²) in [7, 11) is 5.19. The van der Waals surface area contributed by atoms with Crippen molar-refractivity contribution in [2.75, 3.05) is 27.7 Å². The average molecular weight is 655 g/mol. The van der Waals surface area contributed by atoms with Crippen LogP contribution >= 0.6 is 0 Å². The number of rotatable bonds is 8. The Labute approximate surface area is 272 Å². The lowest BCUT2D eigenvalue weighted by Crippen LogP contribution is -2.60. The van der Waals surface area contributed by atoms with Crippen LogP contribution in [0.4, 0.5) is 0 Å². The summed E-state index contributed by atoms with van der Waals surface area (Å²) in [6.45, 7) is 12.6. The van der Waals surface area contributed by atoms with Crippen molar-refractivity contribution < 1.29 is 48.3 Å². The molecule has 12 atom stereocenters. The van der Waals surface area contributed by atoms with Crippen molar-refractivity contribution in [2.45, 2.75) is 129 Å². The quantitative estimate of drug-likeness (QED) is 0.169. The number of aliphatic hydroxyl groups is 2. The maximum atomic E-state index is 13.9. The van der Waals surface area contributed by atoms with Crippen LogP contribution in [0.1, 0.15) is 74.7 Å². The fourth-order valence-corrected chi connectivity index (χ4v) is 6.64. The Morgan fingerprint density at radius 3 is 2.37 bits per heavy atom. The summed E-state index contributed by atoms with van der Waals surface area (Å²) in [5.74, 6) is -4.32. The SMILES string of the molecule is CC[C@H]1OC(=O)[C@H](C)[C@@H](O)[C@H](C)[C@@H](OC2O[C@H](C)C[C@H](N(C)C)[C@H]2OC(C)=O)[C@@](C)(OC)C[C@@H](C)C(=O)/C(CN=[N+]=[N-])=C/[C@]1(C)O. The number of likely N-dealkylation sites (N-methyl/N-ethyl adjacent to an activating group) is 1. The zero-order chi connectivity index (χ0) is 35.1. The summed E-state index contributed by atoms with van der Waals surface area (Å²) >= 11 is 0. The van der Waals surface area contributed by atoms with Crippen LogP contribution in [0.25, 0.3) is 10.4 Å². The Morgan fingerprint density at radius 1 is 1.22 bits per heavy atom. The summed E-state index contributed by atoms with van der Waals surface area (Å²) in [5, 5.41) is 26.6. The van der Waals surface area contributed by atoms with E-state index in [2.05, 4.69) is 10.0 Å². The molecule has 2 N–H and O–H groups in total. The van der Waals surface area contributed by atoms with Gasteiger partial charge in [-0.15, -0.1) is 0 Å². The molecule has 1 fully saturated rings. The highest BCUT2D eigenvalue weighted by Gasteiger charge is 2.50. The highest BCUT2D eigenvalue weighted by Crippen LogP contribution is 2.39. The normalized spacial score (nSPS) is 41.0. The molecular weight excluding hydrogens is 600 g/mol. The van der Waals surface area contributed by atoms with Gasteiger partial charge in [-0.3, -0.25) is 14.4 Å². The van der Waals surface area contributed by atoms with Crippen LogP contribution in [0.15, 0.2) is 16.8 Å². The highest BCUT2D eigenvalue weighted by atomic mass is 16.7. The zero-order valence-corrected chi connectivity index (χ0v) is 29.1. The minimum atomic E-state index is -1.79. The number of ether oxygens (including phenoxy) is 5.